The maximum Gasteiger partial charge on any atom is 0.0384 e. The Balaban J connectivity index is 1.41. The zero-order valence-electron chi connectivity index (χ0n) is 18.6. The summed E-state index contributed by atoms with van der Waals surface area (Å²) in [4.78, 5) is 0. The quantitative estimate of drug-likeness (QED) is 0.309. The van der Waals surface area contributed by atoms with Crippen molar-refractivity contribution in [2.45, 2.75) is 39.5 Å². The van der Waals surface area contributed by atoms with Crippen molar-refractivity contribution in [2.24, 2.45) is 0 Å². The summed E-state index contributed by atoms with van der Waals surface area (Å²) in [6.45, 7) is 4.44. The largest absolute Gasteiger partial charge is 0.356 e. The van der Waals surface area contributed by atoms with E-state index < -0.39 is 0 Å². The molecular formula is C30H31N. The molecule has 0 aliphatic carbocycles. The molecule has 1 N–H and O–H groups in total. The van der Waals surface area contributed by atoms with Gasteiger partial charge in [-0.05, 0) is 70.5 Å². The van der Waals surface area contributed by atoms with Gasteiger partial charge in [0.2, 0.25) is 0 Å². The van der Waals surface area contributed by atoms with Crippen LogP contribution in [-0.2, 0) is 12.8 Å². The van der Waals surface area contributed by atoms with Gasteiger partial charge in [0.1, 0.15) is 0 Å². The van der Waals surface area contributed by atoms with E-state index in [1.807, 2.05) is 0 Å². The minimum absolute atomic E-state index is 1.10. The standard InChI is InChI=1S/C30H31N/c1-3-5-23-7-11-25(12-8-23)27-15-19-29(20-16-27)31-30-21-17-28(18-22-30)26-13-9-24(6-4-2)10-14-26/h7-22,31H,3-6H2,1-2H3. The Hall–Kier alpha value is -3.32. The summed E-state index contributed by atoms with van der Waals surface area (Å²) in [6, 6.07) is 35.2. The van der Waals surface area contributed by atoms with Crippen molar-refractivity contribution in [3.05, 3.63) is 108 Å². The van der Waals surface area contributed by atoms with Gasteiger partial charge in [-0.3, -0.25) is 0 Å². The van der Waals surface area contributed by atoms with Crippen LogP contribution in [0.4, 0.5) is 11.4 Å². The Bertz CT molecular complexity index is 982. The summed E-state index contributed by atoms with van der Waals surface area (Å²) >= 11 is 0. The lowest BCUT2D eigenvalue weighted by atomic mass is 10.0. The lowest BCUT2D eigenvalue weighted by molar-refractivity contribution is 0.922. The summed E-state index contributed by atoms with van der Waals surface area (Å²) in [6.07, 6.45) is 4.66. The van der Waals surface area contributed by atoms with Crippen molar-refractivity contribution < 1.29 is 0 Å². The minimum Gasteiger partial charge on any atom is -0.356 e. The minimum atomic E-state index is 1.10. The first-order valence-corrected chi connectivity index (χ1v) is 11.4. The van der Waals surface area contributed by atoms with Gasteiger partial charge in [-0.2, -0.15) is 0 Å². The molecule has 0 saturated carbocycles. The number of benzene rings is 4. The Labute approximate surface area is 186 Å². The van der Waals surface area contributed by atoms with Gasteiger partial charge in [-0.25, -0.2) is 0 Å². The van der Waals surface area contributed by atoms with Crippen molar-refractivity contribution in [1.82, 2.24) is 0 Å². The first-order chi connectivity index (χ1) is 15.2. The van der Waals surface area contributed by atoms with Crippen molar-refractivity contribution in [2.75, 3.05) is 5.32 Å². The number of hydrogen-bond donors (Lipinski definition) is 1. The fraction of sp³-hybridized carbons (Fsp3) is 0.200. The predicted molar refractivity (Wildman–Crippen MR) is 135 cm³/mol. The van der Waals surface area contributed by atoms with Crippen molar-refractivity contribution in [3.8, 4) is 22.3 Å². The van der Waals surface area contributed by atoms with Crippen LogP contribution in [0.1, 0.15) is 37.8 Å². The van der Waals surface area contributed by atoms with E-state index in [-0.39, 0.29) is 0 Å². The molecule has 0 atom stereocenters. The van der Waals surface area contributed by atoms with Crippen LogP contribution in [0.5, 0.6) is 0 Å². The average Bonchev–Trinajstić information content (AvgIpc) is 2.82. The first kappa shape index (κ1) is 20.9. The molecule has 0 saturated heterocycles. The average molecular weight is 406 g/mol. The molecule has 1 heteroatoms. The fourth-order valence-corrected chi connectivity index (χ4v) is 3.96. The summed E-state index contributed by atoms with van der Waals surface area (Å²) in [5.74, 6) is 0. The molecule has 0 unspecified atom stereocenters. The van der Waals surface area contributed by atoms with E-state index in [9.17, 15) is 0 Å². The fourth-order valence-electron chi connectivity index (χ4n) is 3.96. The van der Waals surface area contributed by atoms with E-state index in [0.717, 1.165) is 24.2 Å². The number of anilines is 2. The molecular weight excluding hydrogens is 374 g/mol. The highest BCUT2D eigenvalue weighted by Crippen LogP contribution is 2.26. The summed E-state index contributed by atoms with van der Waals surface area (Å²) < 4.78 is 0. The molecule has 0 bridgehead atoms. The van der Waals surface area contributed by atoms with Crippen LogP contribution in [0, 0.1) is 0 Å². The molecule has 0 fully saturated rings. The normalized spacial score (nSPS) is 10.8. The summed E-state index contributed by atoms with van der Waals surface area (Å²) in [5, 5.41) is 3.51. The third-order valence-corrected chi connectivity index (χ3v) is 5.71. The second kappa shape index (κ2) is 10.1. The second-order valence-electron chi connectivity index (χ2n) is 8.17. The summed E-state index contributed by atoms with van der Waals surface area (Å²) in [7, 11) is 0. The van der Waals surface area contributed by atoms with Crippen LogP contribution in [0.15, 0.2) is 97.1 Å². The number of nitrogens with one attached hydrogen (secondary N) is 1. The molecule has 4 aromatic carbocycles. The molecule has 0 radical (unpaired) electrons. The van der Waals surface area contributed by atoms with Gasteiger partial charge in [0.25, 0.3) is 0 Å². The van der Waals surface area contributed by atoms with Crippen LogP contribution in [0.25, 0.3) is 22.3 Å². The van der Waals surface area contributed by atoms with E-state index in [1.54, 1.807) is 0 Å². The second-order valence-corrected chi connectivity index (χ2v) is 8.17. The highest BCUT2D eigenvalue weighted by atomic mass is 14.9. The Kier molecular flexibility index (Phi) is 6.84. The van der Waals surface area contributed by atoms with Crippen LogP contribution in [0.3, 0.4) is 0 Å². The smallest absolute Gasteiger partial charge is 0.0384 e. The molecule has 0 heterocycles. The summed E-state index contributed by atoms with van der Waals surface area (Å²) in [5.41, 5.74) is 10.0. The Morgan fingerprint density at radius 3 is 1.00 bits per heavy atom. The lowest BCUT2D eigenvalue weighted by Gasteiger charge is -2.10. The Morgan fingerprint density at radius 2 is 0.710 bits per heavy atom. The molecule has 156 valence electrons. The van der Waals surface area contributed by atoms with E-state index >= 15 is 0 Å². The third-order valence-electron chi connectivity index (χ3n) is 5.71. The SMILES string of the molecule is CCCc1ccc(-c2ccc(Nc3ccc(-c4ccc(CCC)cc4)cc3)cc2)cc1. The van der Waals surface area contributed by atoms with Gasteiger partial charge in [-0.1, -0.05) is 99.5 Å². The van der Waals surface area contributed by atoms with E-state index in [4.69, 9.17) is 0 Å². The highest BCUT2D eigenvalue weighted by Gasteiger charge is 2.02. The van der Waals surface area contributed by atoms with Gasteiger partial charge in [-0.15, -0.1) is 0 Å². The van der Waals surface area contributed by atoms with Gasteiger partial charge in [0, 0.05) is 11.4 Å². The third kappa shape index (κ3) is 5.44. The van der Waals surface area contributed by atoms with Gasteiger partial charge < -0.3 is 5.32 Å². The lowest BCUT2D eigenvalue weighted by Crippen LogP contribution is -1.90. The van der Waals surface area contributed by atoms with Crippen LogP contribution >= 0.6 is 0 Å². The van der Waals surface area contributed by atoms with E-state index in [1.165, 1.54) is 46.2 Å². The number of hydrogen-bond acceptors (Lipinski definition) is 1. The molecule has 0 amide bonds. The molecule has 1 nitrogen and oxygen atoms in total. The predicted octanol–water partition coefficient (Wildman–Crippen LogP) is 8.67. The first-order valence-electron chi connectivity index (χ1n) is 11.4. The van der Waals surface area contributed by atoms with Crippen molar-refractivity contribution in [3.63, 3.8) is 0 Å². The molecule has 0 aromatic heterocycles. The molecule has 31 heavy (non-hydrogen) atoms. The van der Waals surface area contributed by atoms with Gasteiger partial charge >= 0.3 is 0 Å². The topological polar surface area (TPSA) is 12.0 Å². The Morgan fingerprint density at radius 1 is 0.419 bits per heavy atom. The monoisotopic (exact) mass is 405 g/mol. The number of rotatable bonds is 8. The molecule has 0 spiro atoms. The van der Waals surface area contributed by atoms with Crippen LogP contribution < -0.4 is 5.32 Å². The zero-order valence-corrected chi connectivity index (χ0v) is 18.6. The van der Waals surface area contributed by atoms with Crippen molar-refractivity contribution in [1.29, 1.82) is 0 Å². The maximum atomic E-state index is 3.51. The zero-order chi connectivity index (χ0) is 21.5. The van der Waals surface area contributed by atoms with E-state index in [0.29, 0.717) is 0 Å². The van der Waals surface area contributed by atoms with Gasteiger partial charge in [0.05, 0.1) is 0 Å². The van der Waals surface area contributed by atoms with Crippen molar-refractivity contribution >= 4 is 11.4 Å². The molecule has 4 rings (SSSR count). The van der Waals surface area contributed by atoms with Gasteiger partial charge in [0.15, 0.2) is 0 Å². The molecule has 4 aromatic rings. The van der Waals surface area contributed by atoms with Crippen LogP contribution in [-0.4, -0.2) is 0 Å². The van der Waals surface area contributed by atoms with Crippen LogP contribution in [0.2, 0.25) is 0 Å². The molecule has 0 aliphatic heterocycles. The van der Waals surface area contributed by atoms with E-state index in [2.05, 4.69) is 116 Å². The molecule has 0 aliphatic rings. The number of aryl methyl sites for hydroxylation is 2. The maximum absolute atomic E-state index is 3.51. The highest BCUT2D eigenvalue weighted by molar-refractivity contribution is 5.71.